The quantitative estimate of drug-likeness (QED) is 0.350. The van der Waals surface area contributed by atoms with Gasteiger partial charge in [0, 0.05) is 18.7 Å². The molecule has 162 valence electrons. The number of nitrogens with one attached hydrogen (secondary N) is 2. The Hall–Kier alpha value is -3.34. The van der Waals surface area contributed by atoms with Crippen LogP contribution in [-0.2, 0) is 6.54 Å². The Morgan fingerprint density at radius 2 is 1.87 bits per heavy atom. The smallest absolute Gasteiger partial charge is 0.227 e. The number of aliphatic hydroxyl groups is 1. The van der Waals surface area contributed by atoms with E-state index in [0.717, 1.165) is 0 Å². The number of anilines is 2. The molecule has 0 aliphatic rings. The van der Waals surface area contributed by atoms with E-state index in [-0.39, 0.29) is 42.3 Å². The van der Waals surface area contributed by atoms with Crippen LogP contribution in [0.1, 0.15) is 38.8 Å². The van der Waals surface area contributed by atoms with Crippen molar-refractivity contribution >= 4 is 22.9 Å². The summed E-state index contributed by atoms with van der Waals surface area (Å²) >= 11 is 0. The first-order chi connectivity index (χ1) is 14.4. The Morgan fingerprint density at radius 3 is 2.43 bits per heavy atom. The minimum absolute atomic E-state index is 0.0279. The van der Waals surface area contributed by atoms with Gasteiger partial charge < -0.3 is 30.7 Å². The molecule has 3 rings (SSSR count). The second kappa shape index (κ2) is 8.99. The summed E-state index contributed by atoms with van der Waals surface area (Å²) in [5.74, 6) is 0.828. The van der Waals surface area contributed by atoms with Crippen LogP contribution in [-0.4, -0.2) is 60.0 Å². The molecule has 11 nitrogen and oxygen atoms in total. The van der Waals surface area contributed by atoms with Gasteiger partial charge in [-0.3, -0.25) is 0 Å². The lowest BCUT2D eigenvalue weighted by atomic mass is 10.1. The second-order valence-corrected chi connectivity index (χ2v) is 7.13. The summed E-state index contributed by atoms with van der Waals surface area (Å²) in [6.45, 7) is 5.90. The van der Waals surface area contributed by atoms with Crippen LogP contribution >= 0.6 is 0 Å². The fourth-order valence-corrected chi connectivity index (χ4v) is 2.91. The molecule has 2 heterocycles. The third kappa shape index (κ3) is 4.30. The zero-order valence-corrected chi connectivity index (χ0v) is 17.4. The number of phenolic OH excluding ortho intramolecular Hbond substituents is 2. The van der Waals surface area contributed by atoms with Gasteiger partial charge in [-0.25, -0.2) is 4.68 Å². The minimum Gasteiger partial charge on any atom is -0.507 e. The number of methoxy groups -OCH3 is 1. The summed E-state index contributed by atoms with van der Waals surface area (Å²) in [5, 5.41) is 44.5. The maximum absolute atomic E-state index is 10.2. The third-order valence-corrected chi connectivity index (χ3v) is 4.70. The van der Waals surface area contributed by atoms with E-state index in [4.69, 9.17) is 4.74 Å². The van der Waals surface area contributed by atoms with E-state index in [9.17, 15) is 15.3 Å². The first-order valence-electron chi connectivity index (χ1n) is 9.70. The van der Waals surface area contributed by atoms with Gasteiger partial charge in [-0.1, -0.05) is 12.1 Å². The number of ether oxygens (including phenoxy) is 1. The number of fused-ring (bicyclic) bond motifs is 1. The lowest BCUT2D eigenvalue weighted by Gasteiger charge is -2.16. The molecule has 1 aromatic carbocycles. The number of phenols is 2. The first-order valence-corrected chi connectivity index (χ1v) is 9.70. The van der Waals surface area contributed by atoms with Gasteiger partial charge in [-0.15, -0.1) is 5.10 Å². The summed E-state index contributed by atoms with van der Waals surface area (Å²) in [7, 11) is 1.45. The largest absolute Gasteiger partial charge is 0.507 e. The van der Waals surface area contributed by atoms with E-state index in [0.29, 0.717) is 35.1 Å². The molecule has 3 aromatic rings. The predicted molar refractivity (Wildman–Crippen MR) is 112 cm³/mol. The van der Waals surface area contributed by atoms with Crippen molar-refractivity contribution in [2.45, 2.75) is 45.8 Å². The van der Waals surface area contributed by atoms with E-state index in [1.807, 2.05) is 20.8 Å². The molecule has 2 aromatic heterocycles. The van der Waals surface area contributed by atoms with Crippen molar-refractivity contribution in [1.82, 2.24) is 25.0 Å². The average Bonchev–Trinajstić information content (AvgIpc) is 3.15. The Labute approximate surface area is 173 Å². The second-order valence-electron chi connectivity index (χ2n) is 7.13. The Bertz CT molecular complexity index is 995. The molecular weight excluding hydrogens is 390 g/mol. The van der Waals surface area contributed by atoms with Gasteiger partial charge in [0.25, 0.3) is 0 Å². The molecule has 0 radical (unpaired) electrons. The number of benzene rings is 1. The van der Waals surface area contributed by atoms with Crippen LogP contribution in [0.3, 0.4) is 0 Å². The van der Waals surface area contributed by atoms with Crippen LogP contribution in [0.25, 0.3) is 11.2 Å². The number of nitrogens with zero attached hydrogens (tertiary/aromatic N) is 5. The molecule has 1 atom stereocenters. The van der Waals surface area contributed by atoms with Crippen molar-refractivity contribution < 1.29 is 20.1 Å². The molecule has 1 unspecified atom stereocenters. The summed E-state index contributed by atoms with van der Waals surface area (Å²) in [4.78, 5) is 8.98. The van der Waals surface area contributed by atoms with Crippen LogP contribution in [0, 0.1) is 0 Å². The monoisotopic (exact) mass is 417 g/mol. The van der Waals surface area contributed by atoms with Crippen molar-refractivity contribution in [3.63, 3.8) is 0 Å². The van der Waals surface area contributed by atoms with Crippen molar-refractivity contribution in [3.05, 3.63) is 17.7 Å². The SMILES string of the molecule is CCC(CO)Nc1nc(NCc2c(O)cc(OC)cc2O)c2nnn(C(C)C)c2n1. The van der Waals surface area contributed by atoms with Crippen LogP contribution in [0.15, 0.2) is 12.1 Å². The molecule has 0 aliphatic heterocycles. The fourth-order valence-electron chi connectivity index (χ4n) is 2.91. The molecule has 0 aliphatic carbocycles. The van der Waals surface area contributed by atoms with E-state index >= 15 is 0 Å². The fraction of sp³-hybridized carbons (Fsp3) is 0.474. The topological polar surface area (TPSA) is 150 Å². The number of hydrogen-bond acceptors (Lipinski definition) is 10. The average molecular weight is 417 g/mol. The maximum atomic E-state index is 10.2. The Kier molecular flexibility index (Phi) is 6.40. The molecule has 11 heteroatoms. The van der Waals surface area contributed by atoms with Gasteiger partial charge in [0.1, 0.15) is 17.2 Å². The number of aromatic nitrogens is 5. The maximum Gasteiger partial charge on any atom is 0.227 e. The van der Waals surface area contributed by atoms with Crippen molar-refractivity contribution in [2.24, 2.45) is 0 Å². The molecule has 0 spiro atoms. The highest BCUT2D eigenvalue weighted by Gasteiger charge is 2.19. The van der Waals surface area contributed by atoms with Gasteiger partial charge in [-0.2, -0.15) is 9.97 Å². The van der Waals surface area contributed by atoms with Gasteiger partial charge in [-0.05, 0) is 20.3 Å². The van der Waals surface area contributed by atoms with Crippen LogP contribution in [0.2, 0.25) is 0 Å². The molecule has 30 heavy (non-hydrogen) atoms. The van der Waals surface area contributed by atoms with Crippen molar-refractivity contribution in [1.29, 1.82) is 0 Å². The highest BCUT2D eigenvalue weighted by Crippen LogP contribution is 2.33. The van der Waals surface area contributed by atoms with Crippen LogP contribution < -0.4 is 15.4 Å². The van der Waals surface area contributed by atoms with E-state index in [2.05, 4.69) is 30.9 Å². The standard InChI is InChI=1S/C19H27N7O4/c1-5-11(9-27)21-19-22-17(16-18(23-19)26(10(2)3)25-24-16)20-8-13-14(28)6-12(30-4)7-15(13)29/h6-7,10-11,27-29H,5,8-9H2,1-4H3,(H2,20,21,22,23). The van der Waals surface area contributed by atoms with Crippen molar-refractivity contribution in [3.8, 4) is 17.2 Å². The van der Waals surface area contributed by atoms with Crippen LogP contribution in [0.5, 0.6) is 17.2 Å². The highest BCUT2D eigenvalue weighted by molar-refractivity contribution is 5.83. The van der Waals surface area contributed by atoms with Crippen LogP contribution in [0.4, 0.5) is 11.8 Å². The number of aliphatic hydroxyl groups excluding tert-OH is 1. The third-order valence-electron chi connectivity index (χ3n) is 4.70. The summed E-state index contributed by atoms with van der Waals surface area (Å²) in [6.07, 6.45) is 0.690. The van der Waals surface area contributed by atoms with Gasteiger partial charge in [0.2, 0.25) is 5.95 Å². The molecule has 5 N–H and O–H groups in total. The highest BCUT2D eigenvalue weighted by atomic mass is 16.5. The number of aromatic hydroxyl groups is 2. The van der Waals surface area contributed by atoms with E-state index in [1.54, 1.807) is 4.68 Å². The van der Waals surface area contributed by atoms with Gasteiger partial charge in [0.15, 0.2) is 17.0 Å². The molecule has 0 saturated heterocycles. The van der Waals surface area contributed by atoms with Crippen molar-refractivity contribution in [2.75, 3.05) is 24.4 Å². The molecule has 0 amide bonds. The zero-order valence-electron chi connectivity index (χ0n) is 17.4. The summed E-state index contributed by atoms with van der Waals surface area (Å²) in [5.41, 5.74) is 1.27. The first kappa shape index (κ1) is 21.4. The summed E-state index contributed by atoms with van der Waals surface area (Å²) < 4.78 is 6.72. The zero-order chi connectivity index (χ0) is 21.8. The Morgan fingerprint density at radius 1 is 1.17 bits per heavy atom. The summed E-state index contributed by atoms with van der Waals surface area (Å²) in [6, 6.07) is 2.66. The van der Waals surface area contributed by atoms with Gasteiger partial charge in [0.05, 0.1) is 31.4 Å². The normalized spacial score (nSPS) is 12.3. The molecule has 0 saturated carbocycles. The molecular formula is C19H27N7O4. The molecule has 0 fully saturated rings. The van der Waals surface area contributed by atoms with E-state index < -0.39 is 0 Å². The Balaban J connectivity index is 1.98. The van der Waals surface area contributed by atoms with E-state index in [1.165, 1.54) is 19.2 Å². The number of hydrogen-bond donors (Lipinski definition) is 5. The molecule has 0 bridgehead atoms. The lowest BCUT2D eigenvalue weighted by Crippen LogP contribution is -2.24. The number of rotatable bonds is 9. The minimum atomic E-state index is -0.201. The van der Waals surface area contributed by atoms with Gasteiger partial charge >= 0.3 is 0 Å². The lowest BCUT2D eigenvalue weighted by molar-refractivity contribution is 0.271. The predicted octanol–water partition coefficient (Wildman–Crippen LogP) is 2.02.